The smallest absolute Gasteiger partial charge is 0.227 e. The second-order valence-corrected chi connectivity index (χ2v) is 9.03. The second-order valence-electron chi connectivity index (χ2n) is 6.94. The first-order valence-electron chi connectivity index (χ1n) is 10.3. The highest BCUT2D eigenvalue weighted by Crippen LogP contribution is 2.45. The molecule has 0 amide bonds. The number of anilines is 2. The molecule has 0 bridgehead atoms. The number of nitrogens with one attached hydrogen (secondary N) is 1. The van der Waals surface area contributed by atoms with E-state index in [0.29, 0.717) is 24.7 Å². The zero-order valence-electron chi connectivity index (χ0n) is 18.0. The Kier molecular flexibility index (Phi) is 7.52. The van der Waals surface area contributed by atoms with Crippen molar-refractivity contribution in [2.24, 2.45) is 5.73 Å². The minimum Gasteiger partial charge on any atom is -0.493 e. The van der Waals surface area contributed by atoms with Gasteiger partial charge in [-0.25, -0.2) is 9.97 Å². The van der Waals surface area contributed by atoms with Crippen LogP contribution in [0.25, 0.3) is 21.7 Å². The van der Waals surface area contributed by atoms with E-state index in [9.17, 15) is 5.26 Å². The number of thiophene rings is 1. The van der Waals surface area contributed by atoms with Crippen molar-refractivity contribution >= 4 is 34.7 Å². The predicted octanol–water partition coefficient (Wildman–Crippen LogP) is 5.33. The lowest BCUT2D eigenvalue weighted by Gasteiger charge is -2.10. The molecule has 0 saturated heterocycles. The van der Waals surface area contributed by atoms with E-state index in [1.807, 2.05) is 48.7 Å². The fourth-order valence-corrected chi connectivity index (χ4v) is 5.14. The van der Waals surface area contributed by atoms with Crippen molar-refractivity contribution < 1.29 is 4.74 Å². The molecule has 3 aromatic heterocycles. The van der Waals surface area contributed by atoms with E-state index >= 15 is 0 Å². The first-order chi connectivity index (χ1) is 16.2. The normalized spacial score (nSPS) is 10.6. The molecule has 4 aromatic rings. The van der Waals surface area contributed by atoms with Crippen LogP contribution >= 0.6 is 23.1 Å². The van der Waals surface area contributed by atoms with Gasteiger partial charge in [0.1, 0.15) is 11.8 Å². The van der Waals surface area contributed by atoms with E-state index in [4.69, 9.17) is 15.5 Å². The number of nitrogens with two attached hydrogens (primary N) is 1. The molecule has 0 aliphatic heterocycles. The third-order valence-electron chi connectivity index (χ3n) is 4.72. The lowest BCUT2D eigenvalue weighted by Crippen LogP contribution is -2.06. The van der Waals surface area contributed by atoms with Crippen LogP contribution in [-0.2, 0) is 0 Å². The molecule has 0 atom stereocenters. The van der Waals surface area contributed by atoms with Gasteiger partial charge in [0, 0.05) is 41.5 Å². The maximum absolute atomic E-state index is 9.86. The molecule has 0 radical (unpaired) electrons. The Balaban J connectivity index is 1.67. The summed E-state index contributed by atoms with van der Waals surface area (Å²) in [6, 6.07) is 15.7. The third-order valence-corrected chi connectivity index (χ3v) is 7.05. The van der Waals surface area contributed by atoms with Crippen molar-refractivity contribution in [3.63, 3.8) is 0 Å². The SMILES string of the molecule is CSc1sc(-c2ccnc(Nc3cccc(OCCCN)c3)n2)c(-c2cccnc2)c1C#N. The minimum atomic E-state index is 0.460. The first kappa shape index (κ1) is 22.7. The van der Waals surface area contributed by atoms with E-state index in [2.05, 4.69) is 21.4 Å². The van der Waals surface area contributed by atoms with Crippen LogP contribution in [0.3, 0.4) is 0 Å². The van der Waals surface area contributed by atoms with Crippen molar-refractivity contribution in [2.45, 2.75) is 10.6 Å². The third kappa shape index (κ3) is 5.31. The topological polar surface area (TPSA) is 110 Å². The Bertz CT molecular complexity index is 1270. The van der Waals surface area contributed by atoms with Crippen LogP contribution < -0.4 is 15.8 Å². The van der Waals surface area contributed by atoms with E-state index in [1.54, 1.807) is 41.7 Å². The van der Waals surface area contributed by atoms with Gasteiger partial charge in [-0.3, -0.25) is 4.98 Å². The van der Waals surface area contributed by atoms with Gasteiger partial charge in [-0.2, -0.15) is 5.26 Å². The summed E-state index contributed by atoms with van der Waals surface area (Å²) < 4.78 is 6.67. The number of rotatable bonds is 9. The molecular formula is C24H22N6OS2. The Morgan fingerprint density at radius 3 is 2.88 bits per heavy atom. The van der Waals surface area contributed by atoms with Gasteiger partial charge in [-0.05, 0) is 43.5 Å². The molecule has 0 fully saturated rings. The van der Waals surface area contributed by atoms with Crippen LogP contribution in [-0.4, -0.2) is 34.4 Å². The number of pyridine rings is 1. The Labute approximate surface area is 200 Å². The van der Waals surface area contributed by atoms with E-state index in [0.717, 1.165) is 43.8 Å². The van der Waals surface area contributed by atoms with Crippen LogP contribution in [0.1, 0.15) is 12.0 Å². The number of ether oxygens (including phenoxy) is 1. The van der Waals surface area contributed by atoms with Gasteiger partial charge >= 0.3 is 0 Å². The monoisotopic (exact) mass is 474 g/mol. The van der Waals surface area contributed by atoms with Gasteiger partial charge in [0.15, 0.2) is 0 Å². The summed E-state index contributed by atoms with van der Waals surface area (Å²) in [5.74, 6) is 1.21. The Hall–Kier alpha value is -3.45. The van der Waals surface area contributed by atoms with E-state index in [1.165, 1.54) is 0 Å². The molecule has 0 aliphatic rings. The summed E-state index contributed by atoms with van der Waals surface area (Å²) in [7, 11) is 0. The van der Waals surface area contributed by atoms with Crippen molar-refractivity contribution in [3.05, 3.63) is 66.6 Å². The fourth-order valence-electron chi connectivity index (χ4n) is 3.23. The molecule has 0 saturated carbocycles. The van der Waals surface area contributed by atoms with Gasteiger partial charge in [-0.15, -0.1) is 23.1 Å². The number of aromatic nitrogens is 3. The quantitative estimate of drug-likeness (QED) is 0.247. The molecule has 0 aliphatic carbocycles. The average Bonchev–Trinajstić information content (AvgIpc) is 3.24. The van der Waals surface area contributed by atoms with E-state index < -0.39 is 0 Å². The van der Waals surface area contributed by atoms with Crippen molar-refractivity contribution in [3.8, 4) is 33.5 Å². The predicted molar refractivity (Wildman–Crippen MR) is 134 cm³/mol. The summed E-state index contributed by atoms with van der Waals surface area (Å²) in [5, 5.41) is 13.1. The number of benzene rings is 1. The summed E-state index contributed by atoms with van der Waals surface area (Å²) in [4.78, 5) is 14.3. The van der Waals surface area contributed by atoms with Crippen LogP contribution in [0.5, 0.6) is 5.75 Å². The van der Waals surface area contributed by atoms with Gasteiger partial charge in [0.25, 0.3) is 0 Å². The standard InChI is InChI=1S/C24H22N6OS2/c1-32-23-19(14-26)21(16-5-3-10-27-15-16)22(33-23)20-8-11-28-24(30-20)29-17-6-2-7-18(13-17)31-12-4-9-25/h2-3,5-8,10-11,13,15H,4,9,12,25H2,1H3,(H,28,29,30). The van der Waals surface area contributed by atoms with Crippen LogP contribution in [0, 0.1) is 11.3 Å². The zero-order valence-corrected chi connectivity index (χ0v) is 19.6. The molecular weight excluding hydrogens is 452 g/mol. The highest BCUT2D eigenvalue weighted by Gasteiger charge is 2.21. The first-order valence-corrected chi connectivity index (χ1v) is 12.3. The number of hydrogen-bond donors (Lipinski definition) is 2. The number of nitrogens with zero attached hydrogens (tertiary/aromatic N) is 4. The highest BCUT2D eigenvalue weighted by atomic mass is 32.2. The van der Waals surface area contributed by atoms with Gasteiger partial charge in [-0.1, -0.05) is 12.1 Å². The van der Waals surface area contributed by atoms with Gasteiger partial charge in [0.2, 0.25) is 5.95 Å². The summed E-state index contributed by atoms with van der Waals surface area (Å²) in [5.41, 5.74) is 9.47. The molecule has 0 unspecified atom stereocenters. The second kappa shape index (κ2) is 10.9. The molecule has 33 heavy (non-hydrogen) atoms. The molecule has 9 heteroatoms. The van der Waals surface area contributed by atoms with E-state index in [-0.39, 0.29) is 0 Å². The Morgan fingerprint density at radius 2 is 2.12 bits per heavy atom. The van der Waals surface area contributed by atoms with Crippen LogP contribution in [0.2, 0.25) is 0 Å². The molecule has 7 nitrogen and oxygen atoms in total. The molecule has 0 spiro atoms. The van der Waals surface area contributed by atoms with Crippen molar-refractivity contribution in [1.29, 1.82) is 5.26 Å². The summed E-state index contributed by atoms with van der Waals surface area (Å²) >= 11 is 3.11. The van der Waals surface area contributed by atoms with Crippen LogP contribution in [0.4, 0.5) is 11.6 Å². The number of thioether (sulfide) groups is 1. The highest BCUT2D eigenvalue weighted by molar-refractivity contribution is 8.00. The molecule has 3 heterocycles. The lowest BCUT2D eigenvalue weighted by atomic mass is 10.0. The molecule has 4 rings (SSSR count). The summed E-state index contributed by atoms with van der Waals surface area (Å²) in [6.45, 7) is 1.16. The average molecular weight is 475 g/mol. The maximum Gasteiger partial charge on any atom is 0.227 e. The van der Waals surface area contributed by atoms with Crippen molar-refractivity contribution in [1.82, 2.24) is 15.0 Å². The maximum atomic E-state index is 9.86. The fraction of sp³-hybridized carbons (Fsp3) is 0.167. The minimum absolute atomic E-state index is 0.460. The Morgan fingerprint density at radius 1 is 1.21 bits per heavy atom. The van der Waals surface area contributed by atoms with Gasteiger partial charge < -0.3 is 15.8 Å². The number of hydrogen-bond acceptors (Lipinski definition) is 9. The molecule has 1 aromatic carbocycles. The zero-order chi connectivity index (χ0) is 23.0. The lowest BCUT2D eigenvalue weighted by molar-refractivity contribution is 0.313. The van der Waals surface area contributed by atoms with Crippen molar-refractivity contribution in [2.75, 3.05) is 24.7 Å². The number of nitriles is 1. The van der Waals surface area contributed by atoms with Gasteiger partial charge in [0.05, 0.1) is 27.0 Å². The summed E-state index contributed by atoms with van der Waals surface area (Å²) in [6.07, 6.45) is 7.97. The largest absolute Gasteiger partial charge is 0.493 e. The molecule has 3 N–H and O–H groups in total. The van der Waals surface area contributed by atoms with Crippen LogP contribution in [0.15, 0.2) is 65.3 Å². The molecule has 166 valence electrons.